The Labute approximate surface area is 171 Å². The Hall–Kier alpha value is -2.31. The topological polar surface area (TPSA) is 53.9 Å². The number of hydrogen-bond donors (Lipinski definition) is 2. The van der Waals surface area contributed by atoms with Crippen LogP contribution in [-0.2, 0) is 11.3 Å². The Morgan fingerprint density at radius 3 is 2.61 bits per heavy atom. The van der Waals surface area contributed by atoms with Gasteiger partial charge in [-0.15, -0.1) is 11.8 Å². The number of nitrogens with zero attached hydrogens (tertiary/aromatic N) is 1. The second-order valence-electron chi connectivity index (χ2n) is 6.90. The van der Waals surface area contributed by atoms with Crippen LogP contribution in [0.4, 0.5) is 5.69 Å². The van der Waals surface area contributed by atoms with Gasteiger partial charge in [-0.1, -0.05) is 30.3 Å². The van der Waals surface area contributed by atoms with E-state index in [1.165, 1.54) is 16.7 Å². The van der Waals surface area contributed by atoms with E-state index in [4.69, 9.17) is 0 Å². The van der Waals surface area contributed by atoms with Gasteiger partial charge in [-0.3, -0.25) is 9.59 Å². The molecule has 3 rings (SSSR count). The number of quaternary nitrogens is 1. The third kappa shape index (κ3) is 4.94. The van der Waals surface area contributed by atoms with Crippen LogP contribution in [0.15, 0.2) is 53.4 Å². The van der Waals surface area contributed by atoms with Crippen LogP contribution in [-0.4, -0.2) is 43.7 Å². The Morgan fingerprint density at radius 2 is 1.89 bits per heavy atom. The first-order valence-electron chi connectivity index (χ1n) is 9.85. The van der Waals surface area contributed by atoms with Crippen LogP contribution in [0.3, 0.4) is 0 Å². The highest BCUT2D eigenvalue weighted by molar-refractivity contribution is 8.00. The maximum atomic E-state index is 12.6. The van der Waals surface area contributed by atoms with Gasteiger partial charge < -0.3 is 15.1 Å². The number of hydrogen-bond acceptors (Lipinski definition) is 3. The maximum absolute atomic E-state index is 12.6. The number of anilines is 1. The lowest BCUT2D eigenvalue weighted by molar-refractivity contribution is -0.895. The summed E-state index contributed by atoms with van der Waals surface area (Å²) in [6.45, 7) is 8.49. The molecule has 0 aliphatic carbocycles. The van der Waals surface area contributed by atoms with Crippen LogP contribution in [0.5, 0.6) is 0 Å². The molecule has 0 spiro atoms. The molecule has 0 unspecified atom stereocenters. The van der Waals surface area contributed by atoms with E-state index in [1.807, 2.05) is 48.5 Å². The van der Waals surface area contributed by atoms with Crippen LogP contribution in [0.2, 0.25) is 0 Å². The van der Waals surface area contributed by atoms with Gasteiger partial charge in [-0.05, 0) is 37.6 Å². The molecular formula is C22H28N3O2S+. The van der Waals surface area contributed by atoms with Gasteiger partial charge >= 0.3 is 0 Å². The molecule has 0 atom stereocenters. The van der Waals surface area contributed by atoms with E-state index >= 15 is 0 Å². The van der Waals surface area contributed by atoms with E-state index in [1.54, 1.807) is 4.90 Å². The number of nitrogens with one attached hydrogen (secondary N) is 2. The van der Waals surface area contributed by atoms with Crippen molar-refractivity contribution < 1.29 is 14.5 Å². The molecule has 0 fully saturated rings. The van der Waals surface area contributed by atoms with Crippen molar-refractivity contribution in [3.05, 3.63) is 59.7 Å². The van der Waals surface area contributed by atoms with Crippen molar-refractivity contribution in [2.24, 2.45) is 0 Å². The van der Waals surface area contributed by atoms with Crippen molar-refractivity contribution in [2.45, 2.75) is 25.3 Å². The van der Waals surface area contributed by atoms with Crippen molar-refractivity contribution in [1.82, 2.24) is 5.32 Å². The molecule has 0 bridgehead atoms. The van der Waals surface area contributed by atoms with Crippen LogP contribution in [0.1, 0.15) is 29.8 Å². The van der Waals surface area contributed by atoms with Gasteiger partial charge in [0.15, 0.2) is 0 Å². The number of carbonyl (C=O) groups excluding carboxylic acids is 2. The smallest absolute Gasteiger partial charge is 0.251 e. The molecule has 28 heavy (non-hydrogen) atoms. The number of carbonyl (C=O) groups is 2. The van der Waals surface area contributed by atoms with Crippen molar-refractivity contribution >= 4 is 29.3 Å². The Balaban J connectivity index is 1.74. The van der Waals surface area contributed by atoms with E-state index < -0.39 is 0 Å². The molecule has 6 heteroatoms. The number of likely N-dealkylation sites (N-methyl/N-ethyl adjacent to an activating group) is 1. The van der Waals surface area contributed by atoms with E-state index in [9.17, 15) is 9.59 Å². The summed E-state index contributed by atoms with van der Waals surface area (Å²) >= 11 is 1.53. The fourth-order valence-corrected chi connectivity index (χ4v) is 4.26. The van der Waals surface area contributed by atoms with E-state index in [2.05, 4.69) is 19.2 Å². The minimum atomic E-state index is -0.0861. The van der Waals surface area contributed by atoms with E-state index in [0.29, 0.717) is 24.4 Å². The van der Waals surface area contributed by atoms with Crippen molar-refractivity contribution in [2.75, 3.05) is 36.8 Å². The van der Waals surface area contributed by atoms with Crippen molar-refractivity contribution in [3.63, 3.8) is 0 Å². The Kier molecular flexibility index (Phi) is 7.12. The molecule has 0 radical (unpaired) electrons. The zero-order valence-electron chi connectivity index (χ0n) is 16.5. The lowest BCUT2D eigenvalue weighted by Crippen LogP contribution is -3.12. The zero-order valence-corrected chi connectivity index (χ0v) is 17.3. The maximum Gasteiger partial charge on any atom is 0.251 e. The van der Waals surface area contributed by atoms with Crippen LogP contribution in [0.25, 0.3) is 0 Å². The van der Waals surface area contributed by atoms with Crippen molar-refractivity contribution in [3.8, 4) is 0 Å². The lowest BCUT2D eigenvalue weighted by Gasteiger charge is -2.29. The van der Waals surface area contributed by atoms with Crippen LogP contribution in [0, 0.1) is 0 Å². The first-order valence-corrected chi connectivity index (χ1v) is 10.8. The average Bonchev–Trinajstić information content (AvgIpc) is 2.73. The monoisotopic (exact) mass is 398 g/mol. The van der Waals surface area contributed by atoms with Crippen molar-refractivity contribution in [1.29, 1.82) is 0 Å². The molecule has 0 saturated heterocycles. The van der Waals surface area contributed by atoms with Gasteiger partial charge in [0.25, 0.3) is 5.91 Å². The van der Waals surface area contributed by atoms with Gasteiger partial charge in [-0.2, -0.15) is 0 Å². The summed E-state index contributed by atoms with van der Waals surface area (Å²) in [7, 11) is 0. The molecule has 2 N–H and O–H groups in total. The van der Waals surface area contributed by atoms with Gasteiger partial charge in [0.1, 0.15) is 0 Å². The highest BCUT2D eigenvalue weighted by Gasteiger charge is 2.26. The largest absolute Gasteiger partial charge is 0.346 e. The summed E-state index contributed by atoms with van der Waals surface area (Å²) in [6.07, 6.45) is 0. The second kappa shape index (κ2) is 9.75. The molecule has 2 amide bonds. The minimum Gasteiger partial charge on any atom is -0.346 e. The number of benzene rings is 2. The fourth-order valence-electron chi connectivity index (χ4n) is 3.34. The van der Waals surface area contributed by atoms with E-state index in [0.717, 1.165) is 35.8 Å². The summed E-state index contributed by atoms with van der Waals surface area (Å²) in [6, 6.07) is 15.6. The summed E-state index contributed by atoms with van der Waals surface area (Å²) in [5.74, 6) is 0.416. The Morgan fingerprint density at radius 1 is 1.14 bits per heavy atom. The fraction of sp³-hybridized carbons (Fsp3) is 0.364. The average molecular weight is 399 g/mol. The van der Waals surface area contributed by atoms with Crippen LogP contribution < -0.4 is 15.1 Å². The molecule has 1 aliphatic rings. The van der Waals surface area contributed by atoms with Crippen LogP contribution >= 0.6 is 11.8 Å². The summed E-state index contributed by atoms with van der Waals surface area (Å²) in [5.41, 5.74) is 2.50. The number of rotatable bonds is 8. The first-order chi connectivity index (χ1) is 13.6. The number of thioether (sulfide) groups is 1. The number of fused-ring (bicyclic) bond motifs is 1. The van der Waals surface area contributed by atoms with Gasteiger partial charge in [0.2, 0.25) is 5.91 Å². The SMILES string of the molecule is CC[NH+](CC)CCNC(=O)c1ccc2c(c1)N(Cc1ccccc1)C(=O)CS2. The molecular weight excluding hydrogens is 370 g/mol. The normalized spacial score (nSPS) is 13.5. The molecule has 2 aromatic rings. The van der Waals surface area contributed by atoms with Gasteiger partial charge in [0.05, 0.1) is 44.2 Å². The summed E-state index contributed by atoms with van der Waals surface area (Å²) < 4.78 is 0. The third-order valence-corrected chi connectivity index (χ3v) is 6.16. The highest BCUT2D eigenvalue weighted by atomic mass is 32.2. The number of amides is 2. The molecule has 1 heterocycles. The third-order valence-electron chi connectivity index (χ3n) is 5.11. The Bertz CT molecular complexity index is 822. The molecule has 2 aromatic carbocycles. The highest BCUT2D eigenvalue weighted by Crippen LogP contribution is 2.36. The predicted octanol–water partition coefficient (Wildman–Crippen LogP) is 1.98. The zero-order chi connectivity index (χ0) is 19.9. The second-order valence-corrected chi connectivity index (χ2v) is 7.92. The summed E-state index contributed by atoms with van der Waals surface area (Å²) in [5, 5.41) is 3.01. The quantitative estimate of drug-likeness (QED) is 0.715. The minimum absolute atomic E-state index is 0.0732. The molecule has 0 saturated carbocycles. The standard InChI is InChI=1S/C22H27N3O2S/c1-3-24(4-2)13-12-23-22(27)18-10-11-20-19(14-18)25(21(26)16-28-20)15-17-8-6-5-7-9-17/h5-11,14H,3-4,12-13,15-16H2,1-2H3,(H,23,27)/p+1. The molecule has 1 aliphatic heterocycles. The van der Waals surface area contributed by atoms with Gasteiger partial charge in [0, 0.05) is 10.5 Å². The molecule has 0 aromatic heterocycles. The predicted molar refractivity (Wildman–Crippen MR) is 114 cm³/mol. The summed E-state index contributed by atoms with van der Waals surface area (Å²) in [4.78, 5) is 29.5. The van der Waals surface area contributed by atoms with Gasteiger partial charge in [-0.25, -0.2) is 0 Å². The van der Waals surface area contributed by atoms with E-state index in [-0.39, 0.29) is 11.8 Å². The lowest BCUT2D eigenvalue weighted by atomic mass is 10.1. The molecule has 5 nitrogen and oxygen atoms in total. The first kappa shape index (κ1) is 20.4. The molecule has 148 valence electrons.